The van der Waals surface area contributed by atoms with E-state index in [0.717, 1.165) is 37.8 Å². The smallest absolute Gasteiger partial charge is 0.383 e. The molecule has 4 heterocycles. The number of hydrogen-bond acceptors (Lipinski definition) is 7. The zero-order valence-electron chi connectivity index (χ0n) is 17.7. The maximum Gasteiger partial charge on any atom is 0.416 e. The van der Waals surface area contributed by atoms with Gasteiger partial charge in [-0.25, -0.2) is 19.6 Å². The molecule has 174 valence electrons. The topological polar surface area (TPSA) is 124 Å². The Morgan fingerprint density at radius 2 is 1.94 bits per heavy atom. The fourth-order valence-electron chi connectivity index (χ4n) is 3.94. The van der Waals surface area contributed by atoms with Gasteiger partial charge in [0.15, 0.2) is 5.65 Å². The average Bonchev–Trinajstić information content (AvgIpc) is 3.47. The van der Waals surface area contributed by atoms with Gasteiger partial charge in [-0.15, -0.1) is 0 Å². The molecule has 0 bridgehead atoms. The summed E-state index contributed by atoms with van der Waals surface area (Å²) in [5, 5.41) is 11.1. The van der Waals surface area contributed by atoms with Gasteiger partial charge in [0, 0.05) is 23.9 Å². The molecule has 0 radical (unpaired) electrons. The van der Waals surface area contributed by atoms with Crippen molar-refractivity contribution in [3.8, 4) is 11.3 Å². The van der Waals surface area contributed by atoms with Gasteiger partial charge in [0.1, 0.15) is 23.7 Å². The van der Waals surface area contributed by atoms with Crippen LogP contribution >= 0.6 is 0 Å². The van der Waals surface area contributed by atoms with Crippen LogP contribution in [0.4, 0.5) is 24.8 Å². The molecular formula is C22H19F3N8O. The maximum atomic E-state index is 12.9. The minimum Gasteiger partial charge on any atom is -0.383 e. The van der Waals surface area contributed by atoms with E-state index in [1.807, 2.05) is 4.68 Å². The van der Waals surface area contributed by atoms with Crippen molar-refractivity contribution in [1.82, 2.24) is 30.0 Å². The molecule has 1 aromatic carbocycles. The Morgan fingerprint density at radius 3 is 2.65 bits per heavy atom. The zero-order valence-corrected chi connectivity index (χ0v) is 17.7. The van der Waals surface area contributed by atoms with E-state index in [4.69, 9.17) is 10.8 Å². The summed E-state index contributed by atoms with van der Waals surface area (Å²) < 4.78 is 40.6. The number of nitrogen functional groups attached to an aromatic ring is 1. The molecule has 1 saturated heterocycles. The Kier molecular flexibility index (Phi) is 5.36. The second kappa shape index (κ2) is 8.37. The number of fused-ring (bicyclic) bond motifs is 1. The van der Waals surface area contributed by atoms with Gasteiger partial charge in [0.2, 0.25) is 0 Å². The first-order valence-corrected chi connectivity index (χ1v) is 10.5. The molecule has 1 aliphatic rings. The fraction of sp³-hybridized carbons (Fsp3) is 0.227. The number of alkyl halides is 3. The van der Waals surface area contributed by atoms with Gasteiger partial charge in [0.05, 0.1) is 17.0 Å². The quantitative estimate of drug-likeness (QED) is 0.420. The average molecular weight is 468 g/mol. The van der Waals surface area contributed by atoms with Gasteiger partial charge < -0.3 is 16.4 Å². The molecule has 1 unspecified atom stereocenters. The van der Waals surface area contributed by atoms with Gasteiger partial charge in [-0.3, -0.25) is 4.79 Å². The van der Waals surface area contributed by atoms with E-state index in [0.29, 0.717) is 28.1 Å². The van der Waals surface area contributed by atoms with Crippen LogP contribution in [0.5, 0.6) is 0 Å². The highest BCUT2D eigenvalue weighted by molar-refractivity contribution is 6.04. The molecule has 1 amide bonds. The van der Waals surface area contributed by atoms with E-state index in [2.05, 4.69) is 25.6 Å². The maximum absolute atomic E-state index is 12.9. The number of nitrogens with zero attached hydrogens (tertiary/aromatic N) is 5. The molecule has 34 heavy (non-hydrogen) atoms. The first kappa shape index (κ1) is 21.8. The molecule has 12 heteroatoms. The Balaban J connectivity index is 1.43. The first-order valence-electron chi connectivity index (χ1n) is 10.5. The van der Waals surface area contributed by atoms with Crippen LogP contribution in [0.15, 0.2) is 48.9 Å². The number of carbonyl (C=O) groups excluding carboxylic acids is 1. The number of nitrogens with two attached hydrogens (primary N) is 1. The number of carbonyl (C=O) groups is 1. The van der Waals surface area contributed by atoms with Crippen molar-refractivity contribution in [1.29, 1.82) is 0 Å². The number of aromatic nitrogens is 5. The Hall–Kier alpha value is -4.06. The molecule has 1 atom stereocenters. The monoisotopic (exact) mass is 468 g/mol. The van der Waals surface area contributed by atoms with Crippen LogP contribution in [0.1, 0.15) is 28.4 Å². The van der Waals surface area contributed by atoms with Crippen molar-refractivity contribution < 1.29 is 18.0 Å². The summed E-state index contributed by atoms with van der Waals surface area (Å²) in [5.41, 5.74) is 7.41. The Labute approximate surface area is 191 Å². The molecule has 4 aromatic rings. The van der Waals surface area contributed by atoms with E-state index in [1.54, 1.807) is 24.3 Å². The van der Waals surface area contributed by atoms with Crippen molar-refractivity contribution in [3.63, 3.8) is 0 Å². The van der Waals surface area contributed by atoms with Gasteiger partial charge in [-0.05, 0) is 37.2 Å². The van der Waals surface area contributed by atoms with Crippen LogP contribution in [0.2, 0.25) is 0 Å². The SMILES string of the molecule is Nc1ncnc2c1c(-c1ccc(C(=O)Nc3cc(C(F)(F)F)ccn3)cc1)nn2C1CCNC1. The lowest BCUT2D eigenvalue weighted by molar-refractivity contribution is -0.137. The number of halogens is 3. The molecule has 4 N–H and O–H groups in total. The van der Waals surface area contributed by atoms with Crippen molar-refractivity contribution in [2.24, 2.45) is 0 Å². The Bertz CT molecular complexity index is 1360. The highest BCUT2D eigenvalue weighted by Crippen LogP contribution is 2.33. The number of hydrogen-bond donors (Lipinski definition) is 3. The van der Waals surface area contributed by atoms with Crippen LogP contribution in [0.3, 0.4) is 0 Å². The Morgan fingerprint density at radius 1 is 1.15 bits per heavy atom. The second-order valence-electron chi connectivity index (χ2n) is 7.86. The predicted molar refractivity (Wildman–Crippen MR) is 119 cm³/mol. The summed E-state index contributed by atoms with van der Waals surface area (Å²) in [4.78, 5) is 24.8. The van der Waals surface area contributed by atoms with E-state index in [9.17, 15) is 18.0 Å². The molecule has 9 nitrogen and oxygen atoms in total. The van der Waals surface area contributed by atoms with Gasteiger partial charge >= 0.3 is 6.18 Å². The van der Waals surface area contributed by atoms with Gasteiger partial charge in [0.25, 0.3) is 5.91 Å². The van der Waals surface area contributed by atoms with Crippen LogP contribution in [-0.2, 0) is 6.18 Å². The molecular weight excluding hydrogens is 449 g/mol. The number of pyridine rings is 1. The molecule has 0 saturated carbocycles. The number of anilines is 2. The molecule has 0 spiro atoms. The van der Waals surface area contributed by atoms with Crippen molar-refractivity contribution in [2.45, 2.75) is 18.6 Å². The summed E-state index contributed by atoms with van der Waals surface area (Å²) in [6, 6.07) is 8.26. The molecule has 3 aromatic heterocycles. The minimum absolute atomic E-state index is 0.135. The molecule has 1 fully saturated rings. The van der Waals surface area contributed by atoms with Crippen LogP contribution < -0.4 is 16.4 Å². The van der Waals surface area contributed by atoms with Crippen LogP contribution in [0, 0.1) is 0 Å². The van der Waals surface area contributed by atoms with Crippen molar-refractivity contribution in [3.05, 3.63) is 60.0 Å². The minimum atomic E-state index is -4.53. The lowest BCUT2D eigenvalue weighted by Gasteiger charge is -2.09. The second-order valence-corrected chi connectivity index (χ2v) is 7.86. The summed E-state index contributed by atoms with van der Waals surface area (Å²) in [7, 11) is 0. The molecule has 5 rings (SSSR count). The van der Waals surface area contributed by atoms with Gasteiger partial charge in [-0.1, -0.05) is 12.1 Å². The summed E-state index contributed by atoms with van der Waals surface area (Å²) in [6.45, 7) is 1.65. The highest BCUT2D eigenvalue weighted by atomic mass is 19.4. The molecule has 1 aliphatic heterocycles. The van der Waals surface area contributed by atoms with Crippen LogP contribution in [0.25, 0.3) is 22.3 Å². The third-order valence-corrected chi connectivity index (χ3v) is 5.65. The van der Waals surface area contributed by atoms with E-state index < -0.39 is 17.6 Å². The summed E-state index contributed by atoms with van der Waals surface area (Å²) >= 11 is 0. The number of benzene rings is 1. The molecule has 0 aliphatic carbocycles. The lowest BCUT2D eigenvalue weighted by atomic mass is 10.1. The normalized spacial score (nSPS) is 16.1. The lowest BCUT2D eigenvalue weighted by Crippen LogP contribution is -2.15. The fourth-order valence-corrected chi connectivity index (χ4v) is 3.94. The number of nitrogens with one attached hydrogen (secondary N) is 2. The van der Waals surface area contributed by atoms with Crippen molar-refractivity contribution in [2.75, 3.05) is 24.1 Å². The van der Waals surface area contributed by atoms with Crippen molar-refractivity contribution >= 4 is 28.6 Å². The standard InChI is InChI=1S/C22H19F3N8O/c23-22(24,25)14-5-8-28-16(9-14)31-21(34)13-3-1-12(2-4-13)18-17-19(26)29-11-30-20(17)33(32-18)15-6-7-27-10-15/h1-5,8-9,11,15,27H,6-7,10H2,(H2,26,29,30)(H,28,31,34). The summed E-state index contributed by atoms with van der Waals surface area (Å²) in [6.07, 6.45) is -1.23. The van der Waals surface area contributed by atoms with Gasteiger partial charge in [-0.2, -0.15) is 18.3 Å². The van der Waals surface area contributed by atoms with E-state index >= 15 is 0 Å². The first-order chi connectivity index (χ1) is 16.3. The van der Waals surface area contributed by atoms with Crippen LogP contribution in [-0.4, -0.2) is 43.7 Å². The van der Waals surface area contributed by atoms with E-state index in [1.165, 1.54) is 6.33 Å². The largest absolute Gasteiger partial charge is 0.416 e. The zero-order chi connectivity index (χ0) is 23.9. The van der Waals surface area contributed by atoms with E-state index in [-0.39, 0.29) is 17.4 Å². The number of amides is 1. The summed E-state index contributed by atoms with van der Waals surface area (Å²) in [5.74, 6) is -0.480. The number of rotatable bonds is 4. The third-order valence-electron chi connectivity index (χ3n) is 5.65. The highest BCUT2D eigenvalue weighted by Gasteiger charge is 2.31. The third kappa shape index (κ3) is 4.03. The predicted octanol–water partition coefficient (Wildman–Crippen LogP) is 3.28.